The van der Waals surface area contributed by atoms with Crippen molar-refractivity contribution in [3.8, 4) is 0 Å². The molecule has 0 spiro atoms. The summed E-state index contributed by atoms with van der Waals surface area (Å²) in [5.41, 5.74) is 7.27. The van der Waals surface area contributed by atoms with Crippen LogP contribution < -0.4 is 11.1 Å². The molecule has 2 aromatic rings. The second-order valence-corrected chi connectivity index (χ2v) is 8.18. The molecule has 0 saturated carbocycles. The number of amides is 2. The molecular formula is C22H21BrClF3N2O2. The summed E-state index contributed by atoms with van der Waals surface area (Å²) < 4.78 is 41.6. The highest BCUT2D eigenvalue weighted by molar-refractivity contribution is 9.10. The van der Waals surface area contributed by atoms with Crippen LogP contribution >= 0.6 is 27.5 Å². The molecule has 0 saturated heterocycles. The lowest BCUT2D eigenvalue weighted by atomic mass is 9.93. The largest absolute Gasteiger partial charge is 0.399 e. The number of hydrogen-bond donors (Lipinski definition) is 2. The summed E-state index contributed by atoms with van der Waals surface area (Å²) in [6.45, 7) is 3.31. The van der Waals surface area contributed by atoms with Gasteiger partial charge in [-0.3, -0.25) is 9.59 Å². The summed E-state index contributed by atoms with van der Waals surface area (Å²) in [5, 5.41) is 2.66. The van der Waals surface area contributed by atoms with Crippen LogP contribution in [0.3, 0.4) is 0 Å². The summed E-state index contributed by atoms with van der Waals surface area (Å²) in [6.07, 6.45) is -1.48. The molecule has 0 aromatic heterocycles. The SMILES string of the molecule is CCc1c(C)cc(C(/C=C/c2ccc(C(=O)NCC(N)=O)c(Br)c2)C(F)(F)F)cc1Cl. The van der Waals surface area contributed by atoms with E-state index in [2.05, 4.69) is 21.2 Å². The first-order valence-corrected chi connectivity index (χ1v) is 10.5. The lowest BCUT2D eigenvalue weighted by molar-refractivity contribution is -0.139. The van der Waals surface area contributed by atoms with Crippen LogP contribution in [-0.4, -0.2) is 24.5 Å². The third-order valence-electron chi connectivity index (χ3n) is 4.65. The van der Waals surface area contributed by atoms with Crippen molar-refractivity contribution in [1.29, 1.82) is 0 Å². The Morgan fingerprint density at radius 2 is 1.94 bits per heavy atom. The molecule has 0 radical (unpaired) electrons. The average Bonchev–Trinajstić information content (AvgIpc) is 2.65. The number of rotatable bonds is 7. The number of aryl methyl sites for hydroxylation is 1. The van der Waals surface area contributed by atoms with Crippen LogP contribution in [0.1, 0.15) is 45.5 Å². The maximum absolute atomic E-state index is 13.8. The van der Waals surface area contributed by atoms with Gasteiger partial charge in [-0.15, -0.1) is 0 Å². The van der Waals surface area contributed by atoms with Crippen molar-refractivity contribution in [2.45, 2.75) is 32.4 Å². The lowest BCUT2D eigenvalue weighted by Gasteiger charge is -2.19. The van der Waals surface area contributed by atoms with Gasteiger partial charge in [-0.05, 0) is 69.7 Å². The van der Waals surface area contributed by atoms with Crippen LogP contribution in [-0.2, 0) is 11.2 Å². The summed E-state index contributed by atoms with van der Waals surface area (Å²) in [4.78, 5) is 22.8. The van der Waals surface area contributed by atoms with Crippen molar-refractivity contribution in [3.63, 3.8) is 0 Å². The normalized spacial score (nSPS) is 12.7. The first-order valence-electron chi connectivity index (χ1n) is 9.34. The molecule has 0 aliphatic carbocycles. The van der Waals surface area contributed by atoms with Crippen LogP contribution in [0, 0.1) is 6.92 Å². The van der Waals surface area contributed by atoms with Crippen LogP contribution in [0.5, 0.6) is 0 Å². The Bertz CT molecular complexity index is 999. The Morgan fingerprint density at radius 3 is 2.45 bits per heavy atom. The van der Waals surface area contributed by atoms with Crippen molar-refractivity contribution in [2.24, 2.45) is 5.73 Å². The lowest BCUT2D eigenvalue weighted by Crippen LogP contribution is -2.33. The standard InChI is InChI=1S/C22H21BrClF3N2O2/c1-3-15-12(2)8-14(10-19(15)24)17(22(25,26)27)7-5-13-4-6-16(18(23)9-13)21(31)29-11-20(28)30/h4-10,17H,3,11H2,1-2H3,(H2,28,30)(H,29,31)/b7-5+. The van der Waals surface area contributed by atoms with Gasteiger partial charge in [-0.2, -0.15) is 13.2 Å². The summed E-state index contributed by atoms with van der Waals surface area (Å²) in [6, 6.07) is 7.33. The topological polar surface area (TPSA) is 72.2 Å². The summed E-state index contributed by atoms with van der Waals surface area (Å²) in [5.74, 6) is -3.06. The summed E-state index contributed by atoms with van der Waals surface area (Å²) in [7, 11) is 0. The highest BCUT2D eigenvalue weighted by Crippen LogP contribution is 2.39. The quantitative estimate of drug-likeness (QED) is 0.506. The number of nitrogens with one attached hydrogen (secondary N) is 1. The van der Waals surface area contributed by atoms with Crippen molar-refractivity contribution >= 4 is 45.4 Å². The second kappa shape index (κ2) is 10.3. The van der Waals surface area contributed by atoms with Crippen molar-refractivity contribution < 1.29 is 22.8 Å². The number of benzene rings is 2. The maximum Gasteiger partial charge on any atom is 0.399 e. The van der Waals surface area contributed by atoms with Gasteiger partial charge in [0.1, 0.15) is 0 Å². The zero-order valence-corrected chi connectivity index (χ0v) is 19.2. The van der Waals surface area contributed by atoms with Gasteiger partial charge >= 0.3 is 6.18 Å². The van der Waals surface area contributed by atoms with Gasteiger partial charge in [0, 0.05) is 9.50 Å². The van der Waals surface area contributed by atoms with E-state index in [9.17, 15) is 22.8 Å². The van der Waals surface area contributed by atoms with Crippen molar-refractivity contribution in [3.05, 3.63) is 73.7 Å². The van der Waals surface area contributed by atoms with Crippen LogP contribution in [0.4, 0.5) is 13.2 Å². The molecule has 1 unspecified atom stereocenters. The predicted molar refractivity (Wildman–Crippen MR) is 119 cm³/mol. The Balaban J connectivity index is 2.33. The number of primary amides is 1. The van der Waals surface area contributed by atoms with Gasteiger partial charge in [0.05, 0.1) is 18.0 Å². The molecule has 0 aliphatic heterocycles. The Morgan fingerprint density at radius 1 is 1.26 bits per heavy atom. The summed E-state index contributed by atoms with van der Waals surface area (Å²) >= 11 is 9.43. The van der Waals surface area contributed by atoms with Gasteiger partial charge in [0.2, 0.25) is 5.91 Å². The molecule has 9 heteroatoms. The van der Waals surface area contributed by atoms with E-state index >= 15 is 0 Å². The minimum atomic E-state index is -4.51. The van der Waals surface area contributed by atoms with E-state index in [1.54, 1.807) is 6.92 Å². The number of halogens is 5. The second-order valence-electron chi connectivity index (χ2n) is 6.92. The first kappa shape index (κ1) is 24.9. The smallest absolute Gasteiger partial charge is 0.368 e. The van der Waals surface area contributed by atoms with Gasteiger partial charge in [0.15, 0.2) is 0 Å². The zero-order valence-electron chi connectivity index (χ0n) is 16.8. The molecule has 166 valence electrons. The molecule has 2 amide bonds. The number of hydrogen-bond acceptors (Lipinski definition) is 2. The molecular weight excluding hydrogens is 497 g/mol. The number of alkyl halides is 3. The molecule has 4 nitrogen and oxygen atoms in total. The fourth-order valence-corrected chi connectivity index (χ4v) is 4.11. The van der Waals surface area contributed by atoms with Crippen LogP contribution in [0.15, 0.2) is 40.9 Å². The van der Waals surface area contributed by atoms with E-state index in [0.717, 1.165) is 11.6 Å². The van der Waals surface area contributed by atoms with Crippen molar-refractivity contribution in [2.75, 3.05) is 6.54 Å². The molecule has 1 atom stereocenters. The molecule has 0 aliphatic rings. The predicted octanol–water partition coefficient (Wildman–Crippen LogP) is 5.55. The molecule has 2 rings (SSSR count). The van der Waals surface area contributed by atoms with Crippen LogP contribution in [0.25, 0.3) is 6.08 Å². The van der Waals surface area contributed by atoms with E-state index in [1.165, 1.54) is 36.4 Å². The van der Waals surface area contributed by atoms with Gasteiger partial charge < -0.3 is 11.1 Å². The maximum atomic E-state index is 13.8. The molecule has 31 heavy (non-hydrogen) atoms. The van der Waals surface area contributed by atoms with E-state index in [1.807, 2.05) is 6.92 Å². The zero-order chi connectivity index (χ0) is 23.3. The molecule has 0 bridgehead atoms. The molecule has 3 N–H and O–H groups in total. The van der Waals surface area contributed by atoms with Crippen molar-refractivity contribution in [1.82, 2.24) is 5.32 Å². The van der Waals surface area contributed by atoms with Crippen LogP contribution in [0.2, 0.25) is 5.02 Å². The first-order chi connectivity index (χ1) is 14.4. The third kappa shape index (κ3) is 6.58. The average molecular weight is 518 g/mol. The Hall–Kier alpha value is -2.32. The van der Waals surface area contributed by atoms with Gasteiger partial charge in [-0.25, -0.2) is 0 Å². The number of carbonyl (C=O) groups excluding carboxylic acids is 2. The van der Waals surface area contributed by atoms with Gasteiger partial charge in [0.25, 0.3) is 5.91 Å². The fraction of sp³-hybridized carbons (Fsp3) is 0.273. The number of carbonyl (C=O) groups is 2. The Labute approximate surface area is 191 Å². The number of allylic oxidation sites excluding steroid dienone is 1. The van der Waals surface area contributed by atoms with E-state index in [4.69, 9.17) is 17.3 Å². The van der Waals surface area contributed by atoms with E-state index in [0.29, 0.717) is 27.0 Å². The number of nitrogens with two attached hydrogens (primary N) is 1. The molecule has 0 fully saturated rings. The van der Waals surface area contributed by atoms with E-state index in [-0.39, 0.29) is 17.7 Å². The Kier molecular flexibility index (Phi) is 8.31. The monoisotopic (exact) mass is 516 g/mol. The molecule has 0 heterocycles. The highest BCUT2D eigenvalue weighted by Gasteiger charge is 2.39. The minimum Gasteiger partial charge on any atom is -0.368 e. The third-order valence-corrected chi connectivity index (χ3v) is 5.64. The van der Waals surface area contributed by atoms with E-state index < -0.39 is 23.9 Å². The molecule has 2 aromatic carbocycles. The minimum absolute atomic E-state index is 0.0602. The van der Waals surface area contributed by atoms with Gasteiger partial charge in [-0.1, -0.05) is 42.8 Å². The highest BCUT2D eigenvalue weighted by atomic mass is 79.9. The fourth-order valence-electron chi connectivity index (χ4n) is 3.13.